The van der Waals surface area contributed by atoms with Gasteiger partial charge in [0.2, 0.25) is 5.88 Å². The Bertz CT molecular complexity index is 935. The fraction of sp³-hybridized carbons (Fsp3) is 0.458. The van der Waals surface area contributed by atoms with Crippen molar-refractivity contribution in [2.24, 2.45) is 0 Å². The summed E-state index contributed by atoms with van der Waals surface area (Å²) in [6, 6.07) is 7.61. The lowest BCUT2D eigenvalue weighted by atomic mass is 9.71. The summed E-state index contributed by atoms with van der Waals surface area (Å²) < 4.78 is 11.1. The third-order valence-corrected chi connectivity index (χ3v) is 5.73. The Morgan fingerprint density at radius 3 is 2.62 bits per heavy atom. The van der Waals surface area contributed by atoms with E-state index in [1.54, 1.807) is 12.1 Å². The molecule has 1 aromatic heterocycles. The lowest BCUT2D eigenvalue weighted by Crippen LogP contribution is -2.32. The molecule has 0 bridgehead atoms. The number of carbonyl (C=O) groups is 1. The van der Waals surface area contributed by atoms with E-state index in [9.17, 15) is 4.79 Å². The molecule has 0 radical (unpaired) electrons. The number of rotatable bonds is 5. The van der Waals surface area contributed by atoms with Crippen molar-refractivity contribution in [3.8, 4) is 23.5 Å². The average molecular weight is 392 g/mol. The molecule has 0 saturated carbocycles. The molecule has 0 atom stereocenters. The fourth-order valence-corrected chi connectivity index (χ4v) is 3.77. The molecule has 152 valence electrons. The Labute approximate surface area is 172 Å². The number of benzene rings is 1. The van der Waals surface area contributed by atoms with Gasteiger partial charge < -0.3 is 9.47 Å². The van der Waals surface area contributed by atoms with Gasteiger partial charge in [-0.15, -0.1) is 10.2 Å². The van der Waals surface area contributed by atoms with Gasteiger partial charge in [0.05, 0.1) is 6.61 Å². The molecule has 0 fully saturated rings. The van der Waals surface area contributed by atoms with Crippen LogP contribution in [0.2, 0.25) is 0 Å². The minimum absolute atomic E-state index is 0.154. The van der Waals surface area contributed by atoms with Crippen molar-refractivity contribution in [3.05, 3.63) is 46.6 Å². The molecule has 0 saturated heterocycles. The van der Waals surface area contributed by atoms with Gasteiger partial charge >= 0.3 is 5.97 Å². The van der Waals surface area contributed by atoms with Gasteiger partial charge in [-0.1, -0.05) is 26.7 Å². The number of aromatic nitrogens is 2. The second-order valence-corrected chi connectivity index (χ2v) is 7.48. The van der Waals surface area contributed by atoms with Gasteiger partial charge in [0.25, 0.3) is 0 Å². The predicted octanol–water partition coefficient (Wildman–Crippen LogP) is 4.73. The van der Waals surface area contributed by atoms with Crippen molar-refractivity contribution in [3.63, 3.8) is 0 Å². The summed E-state index contributed by atoms with van der Waals surface area (Å²) in [6.45, 7) is 9.22. The summed E-state index contributed by atoms with van der Waals surface area (Å²) in [6.07, 6.45) is 4.30. The van der Waals surface area contributed by atoms with Crippen molar-refractivity contribution in [2.45, 2.75) is 65.2 Å². The first kappa shape index (κ1) is 20.9. The largest absolute Gasteiger partial charge is 0.493 e. The number of ether oxygens (including phenoxy) is 2. The average Bonchev–Trinajstić information content (AvgIpc) is 2.73. The van der Waals surface area contributed by atoms with E-state index in [1.165, 1.54) is 5.56 Å². The molecule has 0 N–H and O–H groups in total. The van der Waals surface area contributed by atoms with Crippen LogP contribution in [0.1, 0.15) is 75.3 Å². The second kappa shape index (κ2) is 9.09. The van der Waals surface area contributed by atoms with Crippen LogP contribution in [-0.2, 0) is 10.2 Å². The molecule has 1 aliphatic rings. The van der Waals surface area contributed by atoms with Crippen LogP contribution in [0.3, 0.4) is 0 Å². The molecule has 5 heteroatoms. The molecule has 2 aromatic rings. The van der Waals surface area contributed by atoms with E-state index in [2.05, 4.69) is 48.0 Å². The SMILES string of the molecule is CCCC(=O)Oc1ccc(C#Cc2cc3c(cc2C)OCCC3(CC)CC)nn1. The van der Waals surface area contributed by atoms with Gasteiger partial charge in [-0.25, -0.2) is 0 Å². The van der Waals surface area contributed by atoms with Crippen LogP contribution in [-0.4, -0.2) is 22.8 Å². The topological polar surface area (TPSA) is 61.3 Å². The number of aryl methyl sites for hydroxylation is 1. The molecular weight excluding hydrogens is 364 g/mol. The molecule has 3 rings (SSSR count). The summed E-state index contributed by atoms with van der Waals surface area (Å²) in [5.74, 6) is 7.19. The molecular formula is C24H28N2O3. The highest BCUT2D eigenvalue weighted by Crippen LogP contribution is 2.44. The highest BCUT2D eigenvalue weighted by molar-refractivity contribution is 5.71. The molecule has 0 unspecified atom stereocenters. The zero-order valence-corrected chi connectivity index (χ0v) is 17.7. The monoisotopic (exact) mass is 392 g/mol. The van der Waals surface area contributed by atoms with Crippen LogP contribution >= 0.6 is 0 Å². The van der Waals surface area contributed by atoms with Gasteiger partial charge in [0.1, 0.15) is 11.4 Å². The van der Waals surface area contributed by atoms with Gasteiger partial charge in [-0.3, -0.25) is 4.79 Å². The summed E-state index contributed by atoms with van der Waals surface area (Å²) >= 11 is 0. The number of nitrogens with zero attached hydrogens (tertiary/aromatic N) is 2. The van der Waals surface area contributed by atoms with Crippen molar-refractivity contribution < 1.29 is 14.3 Å². The first-order chi connectivity index (χ1) is 14.0. The number of fused-ring (bicyclic) bond motifs is 1. The van der Waals surface area contributed by atoms with Crippen LogP contribution in [0.5, 0.6) is 11.6 Å². The lowest BCUT2D eigenvalue weighted by Gasteiger charge is -2.38. The second-order valence-electron chi connectivity index (χ2n) is 7.48. The zero-order chi connectivity index (χ0) is 20.9. The normalized spacial score (nSPS) is 14.2. The van der Waals surface area contributed by atoms with Crippen LogP contribution in [0, 0.1) is 18.8 Å². The molecule has 5 nitrogen and oxygen atoms in total. The van der Waals surface area contributed by atoms with E-state index in [0.29, 0.717) is 12.1 Å². The van der Waals surface area contributed by atoms with Crippen LogP contribution in [0.15, 0.2) is 24.3 Å². The van der Waals surface area contributed by atoms with Crippen molar-refractivity contribution in [2.75, 3.05) is 6.61 Å². The summed E-state index contributed by atoms with van der Waals surface area (Å²) in [5, 5.41) is 8.00. The smallest absolute Gasteiger partial charge is 0.312 e. The molecule has 0 spiro atoms. The number of esters is 1. The first-order valence-electron chi connectivity index (χ1n) is 10.4. The summed E-state index contributed by atoms with van der Waals surface area (Å²) in [7, 11) is 0. The van der Waals surface area contributed by atoms with Gasteiger partial charge in [0.15, 0.2) is 0 Å². The zero-order valence-electron chi connectivity index (χ0n) is 17.7. The molecule has 2 heterocycles. The van der Waals surface area contributed by atoms with Crippen molar-refractivity contribution in [1.29, 1.82) is 0 Å². The standard InChI is InChI=1S/C24H28N2O3/c1-5-8-23(27)29-22-12-11-19(25-26-22)10-9-18-16-20-21(15-17(18)4)28-14-13-24(20,6-2)7-3/h11-12,15-16H,5-8,13-14H2,1-4H3. The van der Waals surface area contributed by atoms with E-state index < -0.39 is 0 Å². The quantitative estimate of drug-likeness (QED) is 0.544. The van der Waals surface area contributed by atoms with Crippen molar-refractivity contribution in [1.82, 2.24) is 10.2 Å². The number of hydrogen-bond donors (Lipinski definition) is 0. The van der Waals surface area contributed by atoms with Gasteiger partial charge in [-0.05, 0) is 62.3 Å². The number of hydrogen-bond acceptors (Lipinski definition) is 5. The third kappa shape index (κ3) is 4.59. The third-order valence-electron chi connectivity index (χ3n) is 5.73. The molecule has 1 aliphatic heterocycles. The van der Waals surface area contributed by atoms with Gasteiger partial charge in [-0.2, -0.15) is 0 Å². The van der Waals surface area contributed by atoms with E-state index >= 15 is 0 Å². The highest BCUT2D eigenvalue weighted by atomic mass is 16.5. The Balaban J connectivity index is 1.85. The summed E-state index contributed by atoms with van der Waals surface area (Å²) in [4.78, 5) is 11.5. The maximum Gasteiger partial charge on any atom is 0.312 e. The Morgan fingerprint density at radius 1 is 1.17 bits per heavy atom. The maximum absolute atomic E-state index is 11.5. The van der Waals surface area contributed by atoms with Crippen LogP contribution in [0.4, 0.5) is 0 Å². The molecule has 0 amide bonds. The fourth-order valence-electron chi connectivity index (χ4n) is 3.77. The first-order valence-corrected chi connectivity index (χ1v) is 10.4. The lowest BCUT2D eigenvalue weighted by molar-refractivity contribution is -0.134. The minimum Gasteiger partial charge on any atom is -0.493 e. The van der Waals surface area contributed by atoms with E-state index in [4.69, 9.17) is 9.47 Å². The number of carbonyl (C=O) groups excluding carboxylic acids is 1. The van der Waals surface area contributed by atoms with Crippen LogP contribution < -0.4 is 9.47 Å². The van der Waals surface area contributed by atoms with E-state index in [1.807, 2.05) is 13.8 Å². The Kier molecular flexibility index (Phi) is 6.53. The minimum atomic E-state index is -0.303. The van der Waals surface area contributed by atoms with Crippen molar-refractivity contribution >= 4 is 5.97 Å². The molecule has 0 aliphatic carbocycles. The summed E-state index contributed by atoms with van der Waals surface area (Å²) in [5.41, 5.74) is 4.00. The van der Waals surface area contributed by atoms with E-state index in [0.717, 1.165) is 49.2 Å². The van der Waals surface area contributed by atoms with Crippen LogP contribution in [0.25, 0.3) is 0 Å². The van der Waals surface area contributed by atoms with E-state index in [-0.39, 0.29) is 17.3 Å². The molecule has 29 heavy (non-hydrogen) atoms. The molecule has 1 aromatic carbocycles. The Hall–Kier alpha value is -2.87. The Morgan fingerprint density at radius 2 is 1.97 bits per heavy atom. The predicted molar refractivity (Wildman–Crippen MR) is 112 cm³/mol. The van der Waals surface area contributed by atoms with Gasteiger partial charge in [0, 0.05) is 29.0 Å². The highest BCUT2D eigenvalue weighted by Gasteiger charge is 2.35. The maximum atomic E-state index is 11.5.